The molecule has 1 aliphatic heterocycles. The summed E-state index contributed by atoms with van der Waals surface area (Å²) in [5.41, 5.74) is 6.00. The Morgan fingerprint density at radius 2 is 2.42 bits per heavy atom. The first-order valence-electron chi connectivity index (χ1n) is 6.08. The van der Waals surface area contributed by atoms with Gasteiger partial charge in [0.2, 0.25) is 0 Å². The molecule has 4 nitrogen and oxygen atoms in total. The smallest absolute Gasteiger partial charge is 0.252 e. The summed E-state index contributed by atoms with van der Waals surface area (Å²) in [6, 6.07) is 3.92. The van der Waals surface area contributed by atoms with E-state index in [9.17, 15) is 9.18 Å². The Balaban J connectivity index is 2.20. The molecule has 19 heavy (non-hydrogen) atoms. The van der Waals surface area contributed by atoms with Crippen LogP contribution in [0.1, 0.15) is 22.3 Å². The van der Waals surface area contributed by atoms with E-state index in [4.69, 9.17) is 10.5 Å². The number of carbonyl (C=O) groups excluding carboxylic acids is 1. The number of nitrogens with one attached hydrogen (secondary N) is 1. The minimum absolute atomic E-state index is 0.0221. The molecule has 1 atom stereocenters. The summed E-state index contributed by atoms with van der Waals surface area (Å²) in [6.45, 7) is 1.31. The molecule has 1 heterocycles. The van der Waals surface area contributed by atoms with Crippen molar-refractivity contribution in [3.63, 3.8) is 0 Å². The lowest BCUT2D eigenvalue weighted by molar-refractivity contribution is 0.0929. The molecular weight excluding hydrogens is 247 g/mol. The van der Waals surface area contributed by atoms with Gasteiger partial charge in [-0.25, -0.2) is 4.39 Å². The average molecular weight is 262 g/mol. The lowest BCUT2D eigenvalue weighted by Gasteiger charge is -2.11. The van der Waals surface area contributed by atoms with Gasteiger partial charge >= 0.3 is 0 Å². The quantitative estimate of drug-likeness (QED) is 0.769. The molecule has 1 fully saturated rings. The van der Waals surface area contributed by atoms with Crippen LogP contribution in [0.3, 0.4) is 0 Å². The zero-order chi connectivity index (χ0) is 13.7. The van der Waals surface area contributed by atoms with Crippen LogP contribution in [0.4, 0.5) is 4.39 Å². The highest BCUT2D eigenvalue weighted by Gasteiger charge is 2.20. The van der Waals surface area contributed by atoms with Crippen LogP contribution in [0.2, 0.25) is 0 Å². The Hall–Kier alpha value is -1.90. The van der Waals surface area contributed by atoms with Crippen molar-refractivity contribution in [2.24, 2.45) is 5.73 Å². The second-order valence-corrected chi connectivity index (χ2v) is 4.23. The molecule has 0 saturated carbocycles. The summed E-state index contributed by atoms with van der Waals surface area (Å²) in [4.78, 5) is 12.1. The number of hydrogen-bond acceptors (Lipinski definition) is 3. The van der Waals surface area contributed by atoms with Gasteiger partial charge in [-0.1, -0.05) is 11.8 Å². The summed E-state index contributed by atoms with van der Waals surface area (Å²) < 4.78 is 18.4. The highest BCUT2D eigenvalue weighted by Crippen LogP contribution is 2.12. The van der Waals surface area contributed by atoms with E-state index in [-0.39, 0.29) is 24.1 Å². The maximum Gasteiger partial charge on any atom is 0.252 e. The average Bonchev–Trinajstić information content (AvgIpc) is 2.90. The van der Waals surface area contributed by atoms with E-state index in [1.807, 2.05) is 0 Å². The number of hydrogen-bond donors (Lipinski definition) is 2. The number of benzene rings is 1. The van der Waals surface area contributed by atoms with Gasteiger partial charge in [0.25, 0.3) is 5.91 Å². The molecule has 5 heteroatoms. The van der Waals surface area contributed by atoms with Crippen LogP contribution < -0.4 is 11.1 Å². The number of nitrogens with two attached hydrogens (primary N) is 1. The molecule has 1 aromatic carbocycles. The third kappa shape index (κ3) is 3.53. The zero-order valence-electron chi connectivity index (χ0n) is 10.4. The van der Waals surface area contributed by atoms with Gasteiger partial charge in [-0.15, -0.1) is 0 Å². The lowest BCUT2D eigenvalue weighted by Crippen LogP contribution is -2.35. The molecule has 0 spiro atoms. The van der Waals surface area contributed by atoms with E-state index in [0.717, 1.165) is 6.42 Å². The Morgan fingerprint density at radius 1 is 1.58 bits per heavy atom. The van der Waals surface area contributed by atoms with Crippen molar-refractivity contribution in [3.8, 4) is 11.8 Å². The first kappa shape index (κ1) is 13.5. The van der Waals surface area contributed by atoms with Gasteiger partial charge in [0.1, 0.15) is 5.82 Å². The molecule has 3 N–H and O–H groups in total. The van der Waals surface area contributed by atoms with E-state index < -0.39 is 5.82 Å². The highest BCUT2D eigenvalue weighted by molar-refractivity contribution is 5.97. The fourth-order valence-electron chi connectivity index (χ4n) is 1.87. The van der Waals surface area contributed by atoms with Gasteiger partial charge in [0.15, 0.2) is 0 Å². The standard InChI is InChI=1S/C14H15FN2O2/c15-11-4-3-10(2-1-6-16)13(8-11)14(18)17-12-5-7-19-9-12/h3-4,8,12H,5-7,9,16H2,(H,17,18). The van der Waals surface area contributed by atoms with E-state index in [1.165, 1.54) is 18.2 Å². The maximum atomic E-state index is 13.3. The first-order chi connectivity index (χ1) is 9.20. The van der Waals surface area contributed by atoms with Crippen LogP contribution in [-0.4, -0.2) is 31.7 Å². The molecule has 0 aromatic heterocycles. The normalized spacial score (nSPS) is 17.7. The molecule has 1 aromatic rings. The minimum atomic E-state index is -0.467. The lowest BCUT2D eigenvalue weighted by atomic mass is 10.1. The van der Waals surface area contributed by atoms with E-state index in [0.29, 0.717) is 18.8 Å². The van der Waals surface area contributed by atoms with Crippen LogP contribution in [-0.2, 0) is 4.74 Å². The molecule has 100 valence electrons. The zero-order valence-corrected chi connectivity index (χ0v) is 10.4. The third-order valence-electron chi connectivity index (χ3n) is 2.82. The van der Waals surface area contributed by atoms with Crippen LogP contribution in [0.15, 0.2) is 18.2 Å². The SMILES string of the molecule is NCC#Cc1ccc(F)cc1C(=O)NC1CCOC1. The molecular formula is C14H15FN2O2. The van der Waals surface area contributed by atoms with Gasteiger partial charge in [0, 0.05) is 12.2 Å². The summed E-state index contributed by atoms with van der Waals surface area (Å²) >= 11 is 0. The van der Waals surface area contributed by atoms with Gasteiger partial charge in [-0.3, -0.25) is 4.79 Å². The maximum absolute atomic E-state index is 13.3. The second kappa shape index (κ2) is 6.32. The van der Waals surface area contributed by atoms with Gasteiger partial charge in [-0.05, 0) is 24.6 Å². The van der Waals surface area contributed by atoms with Crippen molar-refractivity contribution in [1.29, 1.82) is 0 Å². The Morgan fingerprint density at radius 3 is 3.11 bits per heavy atom. The monoisotopic (exact) mass is 262 g/mol. The van der Waals surface area contributed by atoms with Gasteiger partial charge in [-0.2, -0.15) is 0 Å². The Labute approximate surface area is 111 Å². The Bertz CT molecular complexity index is 528. The van der Waals surface area contributed by atoms with Crippen LogP contribution in [0.5, 0.6) is 0 Å². The third-order valence-corrected chi connectivity index (χ3v) is 2.82. The van der Waals surface area contributed by atoms with Crippen molar-refractivity contribution in [1.82, 2.24) is 5.32 Å². The summed E-state index contributed by atoms with van der Waals surface area (Å²) in [5.74, 6) is 4.63. The summed E-state index contributed by atoms with van der Waals surface area (Å²) in [5, 5.41) is 2.81. The van der Waals surface area contributed by atoms with Crippen molar-refractivity contribution in [2.75, 3.05) is 19.8 Å². The molecule has 1 aliphatic rings. The molecule has 1 saturated heterocycles. The molecule has 1 amide bonds. The number of halogens is 1. The van der Waals surface area contributed by atoms with E-state index in [1.54, 1.807) is 0 Å². The van der Waals surface area contributed by atoms with E-state index in [2.05, 4.69) is 17.2 Å². The minimum Gasteiger partial charge on any atom is -0.379 e. The van der Waals surface area contributed by atoms with Crippen LogP contribution >= 0.6 is 0 Å². The van der Waals surface area contributed by atoms with Crippen molar-refractivity contribution in [3.05, 3.63) is 35.1 Å². The van der Waals surface area contributed by atoms with Crippen molar-refractivity contribution in [2.45, 2.75) is 12.5 Å². The summed E-state index contributed by atoms with van der Waals surface area (Å²) in [6.07, 6.45) is 0.769. The second-order valence-electron chi connectivity index (χ2n) is 4.23. The molecule has 0 aliphatic carbocycles. The number of amides is 1. The molecule has 1 unspecified atom stereocenters. The van der Waals surface area contributed by atoms with Crippen molar-refractivity contribution < 1.29 is 13.9 Å². The molecule has 0 bridgehead atoms. The van der Waals surface area contributed by atoms with E-state index >= 15 is 0 Å². The van der Waals surface area contributed by atoms with Gasteiger partial charge in [0.05, 0.1) is 24.8 Å². The number of ether oxygens (including phenoxy) is 1. The van der Waals surface area contributed by atoms with Gasteiger partial charge < -0.3 is 15.8 Å². The predicted octanol–water partition coefficient (Wildman–Crippen LogP) is 0.655. The first-order valence-corrected chi connectivity index (χ1v) is 6.08. The number of carbonyl (C=O) groups is 1. The molecule has 0 radical (unpaired) electrons. The highest BCUT2D eigenvalue weighted by atomic mass is 19.1. The topological polar surface area (TPSA) is 64.4 Å². The fourth-order valence-corrected chi connectivity index (χ4v) is 1.87. The van der Waals surface area contributed by atoms with Crippen LogP contribution in [0.25, 0.3) is 0 Å². The fraction of sp³-hybridized carbons (Fsp3) is 0.357. The molecule has 2 rings (SSSR count). The predicted molar refractivity (Wildman–Crippen MR) is 69.0 cm³/mol. The largest absolute Gasteiger partial charge is 0.379 e. The Kier molecular flexibility index (Phi) is 4.50. The summed E-state index contributed by atoms with van der Waals surface area (Å²) in [7, 11) is 0. The van der Waals surface area contributed by atoms with Crippen LogP contribution in [0, 0.1) is 17.7 Å². The van der Waals surface area contributed by atoms with Crippen molar-refractivity contribution >= 4 is 5.91 Å². The number of rotatable bonds is 2.